The maximum Gasteiger partial charge on any atom is 0.0440 e. The van der Waals surface area contributed by atoms with E-state index in [0.717, 1.165) is 19.6 Å². The van der Waals surface area contributed by atoms with Gasteiger partial charge in [-0.05, 0) is 48.7 Å². The van der Waals surface area contributed by atoms with Gasteiger partial charge in [0, 0.05) is 29.8 Å². The van der Waals surface area contributed by atoms with Crippen LogP contribution < -0.4 is 10.2 Å². The molecule has 2 aromatic rings. The van der Waals surface area contributed by atoms with Crippen LogP contribution in [0.25, 0.3) is 0 Å². The first-order valence-corrected chi connectivity index (χ1v) is 8.32. The average Bonchev–Trinajstić information content (AvgIpc) is 2.51. The highest BCUT2D eigenvalue weighted by Crippen LogP contribution is 2.29. The number of fused-ring (bicyclic) bond motifs is 1. The predicted molar refractivity (Wildman–Crippen MR) is 92.7 cm³/mol. The Labute approximate surface area is 135 Å². The maximum atomic E-state index is 3.73. The quantitative estimate of drug-likeness (QED) is 0.897. The molecule has 1 aliphatic rings. The Balaban J connectivity index is 1.81. The van der Waals surface area contributed by atoms with Gasteiger partial charge in [0.1, 0.15) is 0 Å². The topological polar surface area (TPSA) is 15.3 Å². The van der Waals surface area contributed by atoms with E-state index in [2.05, 4.69) is 68.6 Å². The maximum absolute atomic E-state index is 3.73. The molecule has 0 aromatic heterocycles. The van der Waals surface area contributed by atoms with Crippen molar-refractivity contribution in [1.82, 2.24) is 5.32 Å². The molecule has 0 aliphatic carbocycles. The normalized spacial score (nSPS) is 14.1. The molecule has 2 aromatic carbocycles. The van der Waals surface area contributed by atoms with Gasteiger partial charge in [-0.1, -0.05) is 46.3 Å². The molecule has 0 amide bonds. The number of nitrogens with one attached hydrogen (secondary N) is 1. The zero-order chi connectivity index (χ0) is 14.7. The second-order valence-corrected chi connectivity index (χ2v) is 6.46. The molecule has 0 bridgehead atoms. The largest absolute Gasteiger partial charge is 0.367 e. The fourth-order valence-electron chi connectivity index (χ4n) is 3.01. The van der Waals surface area contributed by atoms with Gasteiger partial charge in [0.15, 0.2) is 0 Å². The number of anilines is 1. The highest BCUT2D eigenvalue weighted by atomic mass is 79.9. The van der Waals surface area contributed by atoms with Crippen LogP contribution in [0.2, 0.25) is 0 Å². The zero-order valence-electron chi connectivity index (χ0n) is 12.4. The molecule has 0 radical (unpaired) electrons. The molecular weight excluding hydrogens is 324 g/mol. The number of benzene rings is 2. The van der Waals surface area contributed by atoms with Crippen LogP contribution in [0.15, 0.2) is 46.9 Å². The van der Waals surface area contributed by atoms with Crippen molar-refractivity contribution in [2.45, 2.75) is 25.9 Å². The summed E-state index contributed by atoms with van der Waals surface area (Å²) in [6.45, 7) is 3.02. The third-order valence-corrected chi connectivity index (χ3v) is 4.80. The number of hydrogen-bond acceptors (Lipinski definition) is 2. The fourth-order valence-corrected chi connectivity index (χ4v) is 3.57. The van der Waals surface area contributed by atoms with E-state index >= 15 is 0 Å². The Bertz CT molecular complexity index is 624. The molecule has 1 heterocycles. The molecule has 3 rings (SSSR count). The van der Waals surface area contributed by atoms with Crippen LogP contribution >= 0.6 is 15.9 Å². The first kappa shape index (κ1) is 14.6. The molecule has 1 aliphatic heterocycles. The molecule has 1 N–H and O–H groups in total. The lowest BCUT2D eigenvalue weighted by Crippen LogP contribution is -2.28. The van der Waals surface area contributed by atoms with Crippen LogP contribution in [0.5, 0.6) is 0 Å². The van der Waals surface area contributed by atoms with Gasteiger partial charge in [-0.2, -0.15) is 0 Å². The molecule has 21 heavy (non-hydrogen) atoms. The summed E-state index contributed by atoms with van der Waals surface area (Å²) in [7, 11) is 1.98. The van der Waals surface area contributed by atoms with Crippen LogP contribution in [-0.2, 0) is 19.5 Å². The summed E-state index contributed by atoms with van der Waals surface area (Å²) in [5.74, 6) is 0. The first-order chi connectivity index (χ1) is 10.3. The monoisotopic (exact) mass is 344 g/mol. The van der Waals surface area contributed by atoms with Gasteiger partial charge < -0.3 is 10.2 Å². The first-order valence-electron chi connectivity index (χ1n) is 7.52. The van der Waals surface area contributed by atoms with Gasteiger partial charge in [-0.3, -0.25) is 0 Å². The predicted octanol–water partition coefficient (Wildman–Crippen LogP) is 4.12. The number of rotatable bonds is 4. The van der Waals surface area contributed by atoms with Crippen molar-refractivity contribution in [3.63, 3.8) is 0 Å². The van der Waals surface area contributed by atoms with Crippen molar-refractivity contribution in [3.8, 4) is 0 Å². The van der Waals surface area contributed by atoms with Crippen molar-refractivity contribution >= 4 is 21.6 Å². The van der Waals surface area contributed by atoms with Crippen LogP contribution in [0, 0.1) is 0 Å². The Hall–Kier alpha value is -1.32. The van der Waals surface area contributed by atoms with Gasteiger partial charge in [0.2, 0.25) is 0 Å². The minimum atomic E-state index is 0.908. The number of nitrogens with zero attached hydrogens (tertiary/aromatic N) is 1. The van der Waals surface area contributed by atoms with Crippen LogP contribution in [0.3, 0.4) is 0 Å². The molecule has 0 saturated heterocycles. The summed E-state index contributed by atoms with van der Waals surface area (Å²) in [4.78, 5) is 2.50. The summed E-state index contributed by atoms with van der Waals surface area (Å²) in [6.07, 6.45) is 2.45. The molecule has 0 saturated carbocycles. The summed E-state index contributed by atoms with van der Waals surface area (Å²) in [5, 5.41) is 3.19. The van der Waals surface area contributed by atoms with Crippen LogP contribution in [-0.4, -0.2) is 13.6 Å². The van der Waals surface area contributed by atoms with Crippen molar-refractivity contribution in [3.05, 3.63) is 63.6 Å². The molecule has 0 atom stereocenters. The smallest absolute Gasteiger partial charge is 0.0440 e. The molecule has 110 valence electrons. The van der Waals surface area contributed by atoms with E-state index in [-0.39, 0.29) is 0 Å². The standard InChI is InChI=1S/C18H21BrN2/c1-20-12-14-8-9-16(17(19)11-14)13-21-10-4-6-15-5-2-3-7-18(15)21/h2-3,5,7-9,11,20H,4,6,10,12-13H2,1H3. The van der Waals surface area contributed by atoms with E-state index in [1.54, 1.807) is 0 Å². The minimum Gasteiger partial charge on any atom is -0.367 e. The molecule has 0 fully saturated rings. The number of hydrogen-bond donors (Lipinski definition) is 1. The molecule has 3 heteroatoms. The SMILES string of the molecule is CNCc1ccc(CN2CCCc3ccccc32)c(Br)c1. The van der Waals surface area contributed by atoms with Gasteiger partial charge in [-0.15, -0.1) is 0 Å². The van der Waals surface area contributed by atoms with Crippen molar-refractivity contribution in [2.75, 3.05) is 18.5 Å². The Morgan fingerprint density at radius 2 is 2.05 bits per heavy atom. The Morgan fingerprint density at radius 3 is 2.86 bits per heavy atom. The number of aryl methyl sites for hydroxylation is 1. The third kappa shape index (κ3) is 3.30. The van der Waals surface area contributed by atoms with Crippen molar-refractivity contribution in [1.29, 1.82) is 0 Å². The molecular formula is C18H21BrN2. The average molecular weight is 345 g/mol. The van der Waals surface area contributed by atoms with E-state index in [4.69, 9.17) is 0 Å². The van der Waals surface area contributed by atoms with E-state index in [1.807, 2.05) is 7.05 Å². The molecule has 0 spiro atoms. The summed E-state index contributed by atoms with van der Waals surface area (Å²) < 4.78 is 1.21. The van der Waals surface area contributed by atoms with Crippen LogP contribution in [0.4, 0.5) is 5.69 Å². The van der Waals surface area contributed by atoms with E-state index < -0.39 is 0 Å². The lowest BCUT2D eigenvalue weighted by molar-refractivity contribution is 0.690. The van der Waals surface area contributed by atoms with Crippen molar-refractivity contribution < 1.29 is 0 Å². The lowest BCUT2D eigenvalue weighted by atomic mass is 10.0. The summed E-state index contributed by atoms with van der Waals surface area (Å²) >= 11 is 3.73. The second-order valence-electron chi connectivity index (χ2n) is 5.61. The van der Waals surface area contributed by atoms with Crippen LogP contribution in [0.1, 0.15) is 23.1 Å². The Kier molecular flexibility index (Phi) is 4.61. The van der Waals surface area contributed by atoms with Crippen molar-refractivity contribution in [2.24, 2.45) is 0 Å². The second kappa shape index (κ2) is 6.63. The van der Waals surface area contributed by atoms with E-state index in [9.17, 15) is 0 Å². The van der Waals surface area contributed by atoms with E-state index in [1.165, 1.54) is 39.7 Å². The minimum absolute atomic E-state index is 0.908. The van der Waals surface area contributed by atoms with E-state index in [0.29, 0.717) is 0 Å². The fraction of sp³-hybridized carbons (Fsp3) is 0.333. The lowest BCUT2D eigenvalue weighted by Gasteiger charge is -2.31. The summed E-state index contributed by atoms with van der Waals surface area (Å²) in [5.41, 5.74) is 5.54. The highest BCUT2D eigenvalue weighted by Gasteiger charge is 2.17. The van der Waals surface area contributed by atoms with Gasteiger partial charge in [0.25, 0.3) is 0 Å². The molecule has 0 unspecified atom stereocenters. The molecule has 2 nitrogen and oxygen atoms in total. The highest BCUT2D eigenvalue weighted by molar-refractivity contribution is 9.10. The third-order valence-electron chi connectivity index (χ3n) is 4.07. The van der Waals surface area contributed by atoms with Gasteiger partial charge in [0.05, 0.1) is 0 Å². The summed E-state index contributed by atoms with van der Waals surface area (Å²) in [6, 6.07) is 15.5. The number of halogens is 1. The van der Waals surface area contributed by atoms with Gasteiger partial charge in [-0.25, -0.2) is 0 Å². The zero-order valence-corrected chi connectivity index (χ0v) is 14.0. The van der Waals surface area contributed by atoms with Gasteiger partial charge >= 0.3 is 0 Å². The Morgan fingerprint density at radius 1 is 1.19 bits per heavy atom. The number of para-hydroxylation sites is 1.